The van der Waals surface area contributed by atoms with E-state index in [2.05, 4.69) is 10.6 Å². The van der Waals surface area contributed by atoms with Gasteiger partial charge in [0.2, 0.25) is 5.91 Å². The van der Waals surface area contributed by atoms with Crippen LogP contribution in [0.2, 0.25) is 0 Å². The Hall–Kier alpha value is -1.75. The molecule has 1 aromatic rings. The van der Waals surface area contributed by atoms with Crippen molar-refractivity contribution >= 4 is 5.91 Å². The molecule has 1 aromatic carbocycles. The molecule has 98 valence electrons. The monoisotopic (exact) mass is 250 g/mol. The van der Waals surface area contributed by atoms with Crippen LogP contribution in [0.5, 0.6) is 11.5 Å². The Balaban J connectivity index is 2.45. The van der Waals surface area contributed by atoms with E-state index < -0.39 is 5.54 Å². The Labute approximate surface area is 106 Å². The van der Waals surface area contributed by atoms with Crippen LogP contribution in [0.1, 0.15) is 12.5 Å². The lowest BCUT2D eigenvalue weighted by atomic mass is 9.89. The van der Waals surface area contributed by atoms with E-state index in [1.165, 1.54) is 0 Å². The molecular weight excluding hydrogens is 232 g/mol. The van der Waals surface area contributed by atoms with E-state index in [9.17, 15) is 4.79 Å². The van der Waals surface area contributed by atoms with Gasteiger partial charge in [-0.3, -0.25) is 10.1 Å². The molecule has 5 heteroatoms. The summed E-state index contributed by atoms with van der Waals surface area (Å²) in [6.07, 6.45) is 0. The van der Waals surface area contributed by atoms with Crippen molar-refractivity contribution in [2.75, 3.05) is 27.3 Å². The predicted molar refractivity (Wildman–Crippen MR) is 67.9 cm³/mol. The first-order valence-corrected chi connectivity index (χ1v) is 5.87. The number of amides is 1. The maximum Gasteiger partial charge on any atom is 0.244 e. The zero-order chi connectivity index (χ0) is 13.2. The number of benzene rings is 1. The van der Waals surface area contributed by atoms with Crippen LogP contribution in [-0.2, 0) is 10.3 Å². The van der Waals surface area contributed by atoms with Crippen molar-refractivity contribution in [1.29, 1.82) is 0 Å². The minimum atomic E-state index is -0.750. The van der Waals surface area contributed by atoms with Gasteiger partial charge in [0, 0.05) is 19.2 Å². The quantitative estimate of drug-likeness (QED) is 0.826. The number of hydrogen-bond donors (Lipinski definition) is 2. The first-order chi connectivity index (χ1) is 8.60. The minimum Gasteiger partial charge on any atom is -0.497 e. The summed E-state index contributed by atoms with van der Waals surface area (Å²) in [6.45, 7) is 3.24. The molecule has 1 heterocycles. The maximum absolute atomic E-state index is 12.1. The zero-order valence-electron chi connectivity index (χ0n) is 10.9. The fourth-order valence-corrected chi connectivity index (χ4v) is 2.07. The van der Waals surface area contributed by atoms with Crippen molar-refractivity contribution in [1.82, 2.24) is 10.6 Å². The van der Waals surface area contributed by atoms with Crippen LogP contribution in [0.3, 0.4) is 0 Å². The Morgan fingerprint density at radius 2 is 1.72 bits per heavy atom. The van der Waals surface area contributed by atoms with Crippen molar-refractivity contribution < 1.29 is 14.3 Å². The standard InChI is InChI=1S/C13H18N2O3/c1-13(12(16)14-4-5-15-13)9-6-10(17-2)8-11(7-9)18-3/h6-8,15H,4-5H2,1-3H3,(H,14,16). The largest absolute Gasteiger partial charge is 0.497 e. The van der Waals surface area contributed by atoms with E-state index in [0.29, 0.717) is 18.0 Å². The van der Waals surface area contributed by atoms with Crippen LogP contribution >= 0.6 is 0 Å². The molecule has 1 aliphatic rings. The summed E-state index contributed by atoms with van der Waals surface area (Å²) in [5, 5.41) is 6.10. The number of rotatable bonds is 3. The molecule has 2 N–H and O–H groups in total. The molecule has 0 saturated carbocycles. The zero-order valence-corrected chi connectivity index (χ0v) is 10.9. The Morgan fingerprint density at radius 3 is 2.22 bits per heavy atom. The van der Waals surface area contributed by atoms with E-state index in [1.807, 2.05) is 19.1 Å². The second-order valence-electron chi connectivity index (χ2n) is 4.41. The second kappa shape index (κ2) is 4.86. The molecule has 1 fully saturated rings. The van der Waals surface area contributed by atoms with Crippen molar-refractivity contribution in [2.45, 2.75) is 12.5 Å². The molecule has 1 amide bonds. The van der Waals surface area contributed by atoms with Gasteiger partial charge in [-0.05, 0) is 24.6 Å². The third-order valence-electron chi connectivity index (χ3n) is 3.27. The molecule has 0 radical (unpaired) electrons. The van der Waals surface area contributed by atoms with Crippen molar-refractivity contribution in [3.63, 3.8) is 0 Å². The number of methoxy groups -OCH3 is 2. The summed E-state index contributed by atoms with van der Waals surface area (Å²) >= 11 is 0. The molecule has 0 aliphatic carbocycles. The summed E-state index contributed by atoms with van der Waals surface area (Å²) < 4.78 is 10.5. The topological polar surface area (TPSA) is 59.6 Å². The van der Waals surface area contributed by atoms with Crippen molar-refractivity contribution in [3.05, 3.63) is 23.8 Å². The molecule has 5 nitrogen and oxygen atoms in total. The first-order valence-electron chi connectivity index (χ1n) is 5.87. The smallest absolute Gasteiger partial charge is 0.244 e. The minimum absolute atomic E-state index is 0.0379. The fraction of sp³-hybridized carbons (Fsp3) is 0.462. The molecule has 1 atom stereocenters. The molecular formula is C13H18N2O3. The average Bonchev–Trinajstić information content (AvgIpc) is 2.41. The van der Waals surface area contributed by atoms with E-state index in [-0.39, 0.29) is 5.91 Å². The lowest BCUT2D eigenvalue weighted by molar-refractivity contribution is -0.128. The van der Waals surface area contributed by atoms with Gasteiger partial charge in [0.05, 0.1) is 14.2 Å². The number of carbonyl (C=O) groups is 1. The van der Waals surface area contributed by atoms with Gasteiger partial charge in [-0.15, -0.1) is 0 Å². The Kier molecular flexibility index (Phi) is 3.43. The number of piperazine rings is 1. The SMILES string of the molecule is COc1cc(OC)cc(C2(C)NCCNC2=O)c1. The summed E-state index contributed by atoms with van der Waals surface area (Å²) in [7, 11) is 3.19. The molecule has 0 spiro atoms. The third kappa shape index (κ3) is 2.13. The van der Waals surface area contributed by atoms with Gasteiger partial charge in [-0.25, -0.2) is 0 Å². The summed E-state index contributed by atoms with van der Waals surface area (Å²) in [4.78, 5) is 12.1. The van der Waals surface area contributed by atoms with Gasteiger partial charge < -0.3 is 14.8 Å². The van der Waals surface area contributed by atoms with Crippen molar-refractivity contribution in [2.24, 2.45) is 0 Å². The van der Waals surface area contributed by atoms with Gasteiger partial charge in [0.25, 0.3) is 0 Å². The molecule has 2 rings (SSSR count). The number of carbonyl (C=O) groups excluding carboxylic acids is 1. The summed E-state index contributed by atoms with van der Waals surface area (Å²) in [5.41, 5.74) is 0.0796. The molecule has 0 bridgehead atoms. The van der Waals surface area contributed by atoms with Crippen molar-refractivity contribution in [3.8, 4) is 11.5 Å². The van der Waals surface area contributed by atoms with Crippen LogP contribution in [0.25, 0.3) is 0 Å². The van der Waals surface area contributed by atoms with E-state index in [1.54, 1.807) is 20.3 Å². The Bertz CT molecular complexity index is 439. The van der Waals surface area contributed by atoms with Gasteiger partial charge in [-0.2, -0.15) is 0 Å². The van der Waals surface area contributed by atoms with Crippen LogP contribution in [0.15, 0.2) is 18.2 Å². The van der Waals surface area contributed by atoms with Crippen LogP contribution in [0.4, 0.5) is 0 Å². The fourth-order valence-electron chi connectivity index (χ4n) is 2.07. The highest BCUT2D eigenvalue weighted by molar-refractivity contribution is 5.88. The number of ether oxygens (including phenoxy) is 2. The normalized spacial score (nSPS) is 23.4. The second-order valence-corrected chi connectivity index (χ2v) is 4.41. The molecule has 18 heavy (non-hydrogen) atoms. The molecule has 0 aromatic heterocycles. The number of nitrogens with one attached hydrogen (secondary N) is 2. The van der Waals surface area contributed by atoms with E-state index in [4.69, 9.17) is 9.47 Å². The van der Waals surface area contributed by atoms with Crippen LogP contribution in [-0.4, -0.2) is 33.2 Å². The number of hydrogen-bond acceptors (Lipinski definition) is 4. The Morgan fingerprint density at radius 1 is 1.11 bits per heavy atom. The van der Waals surface area contributed by atoms with Gasteiger partial charge >= 0.3 is 0 Å². The maximum atomic E-state index is 12.1. The lowest BCUT2D eigenvalue weighted by Gasteiger charge is -2.34. The van der Waals surface area contributed by atoms with Gasteiger partial charge in [0.15, 0.2) is 0 Å². The lowest BCUT2D eigenvalue weighted by Crippen LogP contribution is -2.59. The first kappa shape index (κ1) is 12.7. The highest BCUT2D eigenvalue weighted by Gasteiger charge is 2.37. The highest BCUT2D eigenvalue weighted by atomic mass is 16.5. The summed E-state index contributed by atoms with van der Waals surface area (Å²) in [5.74, 6) is 1.31. The molecule has 1 saturated heterocycles. The third-order valence-corrected chi connectivity index (χ3v) is 3.27. The van der Waals surface area contributed by atoms with E-state index >= 15 is 0 Å². The molecule has 1 aliphatic heterocycles. The van der Waals surface area contributed by atoms with Crippen LogP contribution in [0, 0.1) is 0 Å². The average molecular weight is 250 g/mol. The van der Waals surface area contributed by atoms with Crippen LogP contribution < -0.4 is 20.1 Å². The predicted octanol–water partition coefficient (Wildman–Crippen LogP) is 0.638. The van der Waals surface area contributed by atoms with Gasteiger partial charge in [-0.1, -0.05) is 0 Å². The highest BCUT2D eigenvalue weighted by Crippen LogP contribution is 2.30. The van der Waals surface area contributed by atoms with E-state index in [0.717, 1.165) is 12.1 Å². The molecule has 1 unspecified atom stereocenters. The summed E-state index contributed by atoms with van der Waals surface area (Å²) in [6, 6.07) is 5.48. The van der Waals surface area contributed by atoms with Gasteiger partial charge in [0.1, 0.15) is 17.0 Å².